The van der Waals surface area contributed by atoms with Crippen LogP contribution in [-0.2, 0) is 0 Å². The summed E-state index contributed by atoms with van der Waals surface area (Å²) in [5.74, 6) is 0.978. The monoisotopic (exact) mass is 263 g/mol. The number of aryl methyl sites for hydroxylation is 1. The van der Waals surface area contributed by atoms with Crippen LogP contribution >= 0.6 is 0 Å². The van der Waals surface area contributed by atoms with Gasteiger partial charge in [-0.2, -0.15) is 0 Å². The second-order valence-corrected chi connectivity index (χ2v) is 5.53. The van der Waals surface area contributed by atoms with Crippen molar-refractivity contribution < 1.29 is 4.74 Å². The van der Waals surface area contributed by atoms with Gasteiger partial charge in [-0.1, -0.05) is 43.9 Å². The highest BCUT2D eigenvalue weighted by molar-refractivity contribution is 5.38. The quantitative estimate of drug-likeness (QED) is 0.691. The maximum Gasteiger partial charge on any atom is 0.123 e. The van der Waals surface area contributed by atoms with Crippen molar-refractivity contribution in [3.8, 4) is 5.75 Å². The molecule has 1 aromatic carbocycles. The average molecular weight is 263 g/mol. The Bertz CT molecular complexity index is 376. The SMILES string of the molecule is CCCCCC(C)NC(C)c1cc(C)ccc1OC. The molecule has 0 bridgehead atoms. The molecular weight excluding hydrogens is 234 g/mol. The van der Waals surface area contributed by atoms with E-state index in [1.165, 1.54) is 36.8 Å². The molecule has 0 aromatic heterocycles. The van der Waals surface area contributed by atoms with E-state index in [9.17, 15) is 0 Å². The normalized spacial score (nSPS) is 14.2. The van der Waals surface area contributed by atoms with E-state index >= 15 is 0 Å². The first-order valence-electron chi connectivity index (χ1n) is 7.49. The summed E-state index contributed by atoms with van der Waals surface area (Å²) in [6.45, 7) is 8.86. The van der Waals surface area contributed by atoms with E-state index in [0.29, 0.717) is 12.1 Å². The number of benzene rings is 1. The Morgan fingerprint density at radius 2 is 1.95 bits per heavy atom. The standard InChI is InChI=1S/C17H29NO/c1-6-7-8-9-14(3)18-15(4)16-12-13(2)10-11-17(16)19-5/h10-12,14-15,18H,6-9H2,1-5H3. The first-order valence-corrected chi connectivity index (χ1v) is 7.49. The third kappa shape index (κ3) is 5.23. The Morgan fingerprint density at radius 3 is 2.58 bits per heavy atom. The van der Waals surface area contributed by atoms with Crippen molar-refractivity contribution in [2.75, 3.05) is 7.11 Å². The highest BCUT2D eigenvalue weighted by Crippen LogP contribution is 2.26. The molecule has 1 aromatic rings. The number of unbranched alkanes of at least 4 members (excludes halogenated alkanes) is 2. The molecule has 0 saturated carbocycles. The molecule has 1 rings (SSSR count). The van der Waals surface area contributed by atoms with Crippen molar-refractivity contribution in [2.24, 2.45) is 0 Å². The lowest BCUT2D eigenvalue weighted by atomic mass is 10.0. The summed E-state index contributed by atoms with van der Waals surface area (Å²) in [4.78, 5) is 0. The molecule has 0 heterocycles. The highest BCUT2D eigenvalue weighted by atomic mass is 16.5. The van der Waals surface area contributed by atoms with Crippen LogP contribution in [0.2, 0.25) is 0 Å². The summed E-state index contributed by atoms with van der Waals surface area (Å²) in [6.07, 6.45) is 5.16. The number of methoxy groups -OCH3 is 1. The second kappa shape index (κ2) is 8.21. The smallest absolute Gasteiger partial charge is 0.123 e. The number of hydrogen-bond acceptors (Lipinski definition) is 2. The highest BCUT2D eigenvalue weighted by Gasteiger charge is 2.13. The Labute approximate surface area is 118 Å². The third-order valence-electron chi connectivity index (χ3n) is 3.63. The van der Waals surface area contributed by atoms with Crippen molar-refractivity contribution in [3.05, 3.63) is 29.3 Å². The summed E-state index contributed by atoms with van der Waals surface area (Å²) in [6, 6.07) is 7.25. The summed E-state index contributed by atoms with van der Waals surface area (Å²) < 4.78 is 5.46. The zero-order chi connectivity index (χ0) is 14.3. The van der Waals surface area contributed by atoms with Crippen molar-refractivity contribution in [2.45, 2.75) is 65.5 Å². The minimum Gasteiger partial charge on any atom is -0.496 e. The van der Waals surface area contributed by atoms with Gasteiger partial charge >= 0.3 is 0 Å². The summed E-state index contributed by atoms with van der Waals surface area (Å²) in [7, 11) is 1.74. The van der Waals surface area contributed by atoms with E-state index in [4.69, 9.17) is 4.74 Å². The van der Waals surface area contributed by atoms with Gasteiger partial charge in [0.2, 0.25) is 0 Å². The second-order valence-electron chi connectivity index (χ2n) is 5.53. The van der Waals surface area contributed by atoms with Gasteiger partial charge in [0.1, 0.15) is 5.75 Å². The summed E-state index contributed by atoms with van der Waals surface area (Å²) in [5, 5.41) is 3.68. The lowest BCUT2D eigenvalue weighted by molar-refractivity contribution is 0.390. The van der Waals surface area contributed by atoms with E-state index in [1.807, 2.05) is 0 Å². The van der Waals surface area contributed by atoms with E-state index in [0.717, 1.165) is 5.75 Å². The number of nitrogens with one attached hydrogen (secondary N) is 1. The van der Waals surface area contributed by atoms with Crippen LogP contribution in [0.5, 0.6) is 5.75 Å². The number of rotatable bonds is 8. The Balaban J connectivity index is 2.61. The fourth-order valence-electron chi connectivity index (χ4n) is 2.49. The van der Waals surface area contributed by atoms with E-state index in [-0.39, 0.29) is 0 Å². The molecule has 2 unspecified atom stereocenters. The van der Waals surface area contributed by atoms with E-state index in [1.54, 1.807) is 7.11 Å². The van der Waals surface area contributed by atoms with Crippen LogP contribution in [0.4, 0.5) is 0 Å². The molecule has 0 aliphatic rings. The van der Waals surface area contributed by atoms with E-state index in [2.05, 4.69) is 51.2 Å². The van der Waals surface area contributed by atoms with Crippen molar-refractivity contribution >= 4 is 0 Å². The lowest BCUT2D eigenvalue weighted by Gasteiger charge is -2.22. The molecule has 0 spiro atoms. The van der Waals surface area contributed by atoms with Crippen LogP contribution in [0, 0.1) is 6.92 Å². The van der Waals surface area contributed by atoms with Gasteiger partial charge in [0, 0.05) is 17.6 Å². The molecule has 2 heteroatoms. The van der Waals surface area contributed by atoms with Gasteiger partial charge < -0.3 is 10.1 Å². The van der Waals surface area contributed by atoms with Gasteiger partial charge in [-0.05, 0) is 33.3 Å². The lowest BCUT2D eigenvalue weighted by Crippen LogP contribution is -2.29. The maximum atomic E-state index is 5.46. The minimum atomic E-state index is 0.325. The molecule has 0 radical (unpaired) electrons. The van der Waals surface area contributed by atoms with Crippen molar-refractivity contribution in [3.63, 3.8) is 0 Å². The zero-order valence-electron chi connectivity index (χ0n) is 13.1. The van der Waals surface area contributed by atoms with Crippen LogP contribution in [0.1, 0.15) is 63.6 Å². The molecule has 1 N–H and O–H groups in total. The van der Waals surface area contributed by atoms with E-state index < -0.39 is 0 Å². The molecule has 108 valence electrons. The molecule has 0 amide bonds. The van der Waals surface area contributed by atoms with Crippen molar-refractivity contribution in [1.29, 1.82) is 0 Å². The molecule has 2 atom stereocenters. The van der Waals surface area contributed by atoms with Crippen LogP contribution in [0.15, 0.2) is 18.2 Å². The minimum absolute atomic E-state index is 0.325. The van der Waals surface area contributed by atoms with Gasteiger partial charge in [0.25, 0.3) is 0 Å². The molecule has 0 aliphatic carbocycles. The molecule has 0 aliphatic heterocycles. The zero-order valence-corrected chi connectivity index (χ0v) is 13.1. The van der Waals surface area contributed by atoms with Gasteiger partial charge in [0.15, 0.2) is 0 Å². The van der Waals surface area contributed by atoms with Crippen LogP contribution in [0.25, 0.3) is 0 Å². The molecule has 0 fully saturated rings. The number of ether oxygens (including phenoxy) is 1. The largest absolute Gasteiger partial charge is 0.496 e. The van der Waals surface area contributed by atoms with Gasteiger partial charge in [0.05, 0.1) is 7.11 Å². The Morgan fingerprint density at radius 1 is 1.21 bits per heavy atom. The molecule has 0 saturated heterocycles. The van der Waals surface area contributed by atoms with Gasteiger partial charge in [-0.15, -0.1) is 0 Å². The fourth-order valence-corrected chi connectivity index (χ4v) is 2.49. The predicted molar refractivity (Wildman–Crippen MR) is 82.9 cm³/mol. The maximum absolute atomic E-state index is 5.46. The van der Waals surface area contributed by atoms with Gasteiger partial charge in [-0.25, -0.2) is 0 Å². The fraction of sp³-hybridized carbons (Fsp3) is 0.647. The molecular formula is C17H29NO. The topological polar surface area (TPSA) is 21.3 Å². The Kier molecular flexibility index (Phi) is 6.93. The molecule has 2 nitrogen and oxygen atoms in total. The average Bonchev–Trinajstić information content (AvgIpc) is 2.39. The third-order valence-corrected chi connectivity index (χ3v) is 3.63. The molecule has 19 heavy (non-hydrogen) atoms. The Hall–Kier alpha value is -1.02. The van der Waals surface area contributed by atoms with Crippen LogP contribution in [0.3, 0.4) is 0 Å². The predicted octanol–water partition coefficient (Wildman–Crippen LogP) is 4.62. The first kappa shape index (κ1) is 16.0. The van der Waals surface area contributed by atoms with Crippen molar-refractivity contribution in [1.82, 2.24) is 5.32 Å². The summed E-state index contributed by atoms with van der Waals surface area (Å²) >= 11 is 0. The van der Waals surface area contributed by atoms with Gasteiger partial charge in [-0.3, -0.25) is 0 Å². The first-order chi connectivity index (χ1) is 9.08. The van der Waals surface area contributed by atoms with Crippen LogP contribution in [-0.4, -0.2) is 13.2 Å². The summed E-state index contributed by atoms with van der Waals surface area (Å²) in [5.41, 5.74) is 2.54. The number of hydrogen-bond donors (Lipinski definition) is 1. The van der Waals surface area contributed by atoms with Crippen LogP contribution < -0.4 is 10.1 Å².